The van der Waals surface area contributed by atoms with Crippen molar-refractivity contribution in [2.45, 2.75) is 33.1 Å². The summed E-state index contributed by atoms with van der Waals surface area (Å²) in [4.78, 5) is 10.9. The Balaban J connectivity index is 1.45. The standard InChI is InChI=1S/C24H28N2O7/c1-2-31-23-8-17(11-25-12-18-4-3-7-29-13-18)5-6-22(23)32-15-20-10-21(26(27)28)9-19-14-30-16-33-24(19)20/h4-6,8-10,25H,2-3,7,11-16H2,1H3. The van der Waals surface area contributed by atoms with Crippen LogP contribution in [0.2, 0.25) is 0 Å². The van der Waals surface area contributed by atoms with Crippen LogP contribution >= 0.6 is 0 Å². The fourth-order valence-corrected chi connectivity index (χ4v) is 3.80. The molecule has 1 N–H and O–H groups in total. The van der Waals surface area contributed by atoms with Crippen molar-refractivity contribution in [3.8, 4) is 17.2 Å². The van der Waals surface area contributed by atoms with Gasteiger partial charge in [0.05, 0.1) is 31.4 Å². The number of nitrogens with one attached hydrogen (secondary N) is 1. The van der Waals surface area contributed by atoms with E-state index in [0.717, 1.165) is 25.1 Å². The number of non-ortho nitro benzene ring substituents is 1. The molecule has 0 atom stereocenters. The van der Waals surface area contributed by atoms with Crippen LogP contribution in [0, 0.1) is 10.1 Å². The lowest BCUT2D eigenvalue weighted by Gasteiger charge is -2.21. The fourth-order valence-electron chi connectivity index (χ4n) is 3.80. The van der Waals surface area contributed by atoms with Crippen LogP contribution in [0.25, 0.3) is 0 Å². The zero-order chi connectivity index (χ0) is 23.0. The van der Waals surface area contributed by atoms with E-state index in [9.17, 15) is 10.1 Å². The molecule has 2 aromatic carbocycles. The molecule has 0 spiro atoms. The first-order valence-electron chi connectivity index (χ1n) is 11.0. The van der Waals surface area contributed by atoms with Gasteiger partial charge in [-0.3, -0.25) is 10.1 Å². The summed E-state index contributed by atoms with van der Waals surface area (Å²) in [6, 6.07) is 8.74. The summed E-state index contributed by atoms with van der Waals surface area (Å²) < 4.78 is 28.1. The van der Waals surface area contributed by atoms with Crippen LogP contribution < -0.4 is 19.5 Å². The number of hydrogen-bond donors (Lipinski definition) is 1. The quantitative estimate of drug-likeness (QED) is 0.327. The SMILES string of the molecule is CCOc1cc(CNCC2=CCCOC2)ccc1OCc1cc([N+](=O)[O-])cc2c1OCOC2. The number of hydrogen-bond acceptors (Lipinski definition) is 8. The predicted molar refractivity (Wildman–Crippen MR) is 121 cm³/mol. The summed E-state index contributed by atoms with van der Waals surface area (Å²) in [7, 11) is 0. The van der Waals surface area contributed by atoms with E-state index < -0.39 is 4.92 Å². The average molecular weight is 456 g/mol. The molecule has 9 heteroatoms. The van der Waals surface area contributed by atoms with Crippen LogP contribution in [-0.4, -0.2) is 38.1 Å². The highest BCUT2D eigenvalue weighted by molar-refractivity contribution is 5.51. The summed E-state index contributed by atoms with van der Waals surface area (Å²) in [6.45, 7) is 5.82. The topological polar surface area (TPSA) is 101 Å². The highest BCUT2D eigenvalue weighted by Crippen LogP contribution is 2.35. The number of nitro groups is 1. The molecular weight excluding hydrogens is 428 g/mol. The Bertz CT molecular complexity index is 1020. The number of nitrogens with zero attached hydrogens (tertiary/aromatic N) is 1. The third kappa shape index (κ3) is 6.01. The molecule has 2 aliphatic rings. The van der Waals surface area contributed by atoms with Crippen LogP contribution in [0.1, 0.15) is 30.0 Å². The molecule has 0 unspecified atom stereocenters. The Morgan fingerprint density at radius 2 is 2.00 bits per heavy atom. The van der Waals surface area contributed by atoms with Crippen LogP contribution in [0.4, 0.5) is 5.69 Å². The van der Waals surface area contributed by atoms with Crippen molar-refractivity contribution in [2.24, 2.45) is 0 Å². The van der Waals surface area contributed by atoms with Gasteiger partial charge in [0.25, 0.3) is 5.69 Å². The van der Waals surface area contributed by atoms with Gasteiger partial charge in [0.1, 0.15) is 12.4 Å². The van der Waals surface area contributed by atoms with Crippen molar-refractivity contribution >= 4 is 5.69 Å². The largest absolute Gasteiger partial charge is 0.490 e. The lowest BCUT2D eigenvalue weighted by Crippen LogP contribution is -2.21. The van der Waals surface area contributed by atoms with Gasteiger partial charge in [-0.2, -0.15) is 0 Å². The van der Waals surface area contributed by atoms with Crippen LogP contribution in [-0.2, 0) is 29.2 Å². The molecule has 2 aliphatic heterocycles. The molecule has 2 aromatic rings. The summed E-state index contributed by atoms with van der Waals surface area (Å²) >= 11 is 0. The van der Waals surface area contributed by atoms with E-state index in [-0.39, 0.29) is 25.7 Å². The minimum Gasteiger partial charge on any atom is -0.490 e. The van der Waals surface area contributed by atoms with E-state index in [1.807, 2.05) is 25.1 Å². The molecule has 0 fully saturated rings. The molecule has 176 valence electrons. The van der Waals surface area contributed by atoms with E-state index >= 15 is 0 Å². The molecule has 9 nitrogen and oxygen atoms in total. The molecule has 4 rings (SSSR count). The monoisotopic (exact) mass is 456 g/mol. The maximum atomic E-state index is 11.3. The Morgan fingerprint density at radius 1 is 1.09 bits per heavy atom. The van der Waals surface area contributed by atoms with Crippen LogP contribution in [0.5, 0.6) is 17.2 Å². The molecule has 0 amide bonds. The van der Waals surface area contributed by atoms with Crippen molar-refractivity contribution in [1.29, 1.82) is 0 Å². The third-order valence-corrected chi connectivity index (χ3v) is 5.34. The third-order valence-electron chi connectivity index (χ3n) is 5.34. The number of ether oxygens (including phenoxy) is 5. The van der Waals surface area contributed by atoms with E-state index in [1.54, 1.807) is 0 Å². The number of fused-ring (bicyclic) bond motifs is 1. The minimum absolute atomic E-state index is 0.0219. The van der Waals surface area contributed by atoms with Crippen LogP contribution in [0.3, 0.4) is 0 Å². The van der Waals surface area contributed by atoms with Gasteiger partial charge in [0.2, 0.25) is 0 Å². The highest BCUT2D eigenvalue weighted by atomic mass is 16.7. The van der Waals surface area contributed by atoms with Gasteiger partial charge in [0, 0.05) is 36.3 Å². The first-order valence-corrected chi connectivity index (χ1v) is 11.0. The molecule has 0 aromatic heterocycles. The van der Waals surface area contributed by atoms with Crippen molar-refractivity contribution in [3.63, 3.8) is 0 Å². The molecular formula is C24H28N2O7. The average Bonchev–Trinajstić information content (AvgIpc) is 2.84. The first kappa shape index (κ1) is 23.0. The second kappa shape index (κ2) is 11.1. The highest BCUT2D eigenvalue weighted by Gasteiger charge is 2.21. The number of nitro benzene ring substituents is 1. The number of benzene rings is 2. The Hall–Kier alpha value is -3.14. The zero-order valence-corrected chi connectivity index (χ0v) is 18.6. The molecule has 2 heterocycles. The summed E-state index contributed by atoms with van der Waals surface area (Å²) in [5.74, 6) is 1.77. The van der Waals surface area contributed by atoms with Gasteiger partial charge in [-0.15, -0.1) is 0 Å². The Labute approximate surface area is 192 Å². The summed E-state index contributed by atoms with van der Waals surface area (Å²) in [5.41, 5.74) is 3.54. The van der Waals surface area contributed by atoms with Gasteiger partial charge >= 0.3 is 0 Å². The van der Waals surface area contributed by atoms with Crippen molar-refractivity contribution in [1.82, 2.24) is 5.32 Å². The summed E-state index contributed by atoms with van der Waals surface area (Å²) in [5, 5.41) is 14.8. The van der Waals surface area contributed by atoms with Crippen LogP contribution in [0.15, 0.2) is 42.0 Å². The van der Waals surface area contributed by atoms with E-state index in [2.05, 4.69) is 11.4 Å². The van der Waals surface area contributed by atoms with Gasteiger partial charge in [-0.1, -0.05) is 12.1 Å². The smallest absolute Gasteiger partial charge is 0.270 e. The second-order valence-electron chi connectivity index (χ2n) is 7.77. The van der Waals surface area contributed by atoms with Gasteiger partial charge < -0.3 is 29.0 Å². The molecule has 0 saturated carbocycles. The fraction of sp³-hybridized carbons (Fsp3) is 0.417. The molecule has 0 saturated heterocycles. The predicted octanol–water partition coefficient (Wildman–Crippen LogP) is 3.88. The Kier molecular flexibility index (Phi) is 7.77. The van der Waals surface area contributed by atoms with Crippen molar-refractivity contribution in [2.75, 3.05) is 33.2 Å². The number of rotatable bonds is 10. The maximum absolute atomic E-state index is 11.3. The van der Waals surface area contributed by atoms with Gasteiger partial charge in [-0.05, 0) is 36.6 Å². The molecule has 33 heavy (non-hydrogen) atoms. The second-order valence-corrected chi connectivity index (χ2v) is 7.77. The Morgan fingerprint density at radius 3 is 2.79 bits per heavy atom. The maximum Gasteiger partial charge on any atom is 0.270 e. The first-order chi connectivity index (χ1) is 16.1. The summed E-state index contributed by atoms with van der Waals surface area (Å²) in [6.07, 6.45) is 3.19. The normalized spacial score (nSPS) is 15.2. The lowest BCUT2D eigenvalue weighted by atomic mass is 10.1. The lowest BCUT2D eigenvalue weighted by molar-refractivity contribution is -0.385. The molecule has 0 radical (unpaired) electrons. The minimum atomic E-state index is -0.429. The van der Waals surface area contributed by atoms with Gasteiger partial charge in [0.15, 0.2) is 18.3 Å². The zero-order valence-electron chi connectivity index (χ0n) is 18.6. The van der Waals surface area contributed by atoms with Crippen molar-refractivity contribution in [3.05, 3.63) is 68.8 Å². The van der Waals surface area contributed by atoms with Crippen molar-refractivity contribution < 1.29 is 28.6 Å². The van der Waals surface area contributed by atoms with Gasteiger partial charge in [-0.25, -0.2) is 0 Å². The molecule has 0 bridgehead atoms. The van der Waals surface area contributed by atoms with E-state index in [0.29, 0.717) is 48.1 Å². The van der Waals surface area contributed by atoms with E-state index in [1.165, 1.54) is 17.7 Å². The van der Waals surface area contributed by atoms with E-state index in [4.69, 9.17) is 23.7 Å². The molecule has 0 aliphatic carbocycles.